The zero-order valence-electron chi connectivity index (χ0n) is 8.46. The van der Waals surface area contributed by atoms with Gasteiger partial charge in [0.05, 0.1) is 6.04 Å². The molecule has 0 aromatic carbocycles. The molecule has 0 spiro atoms. The van der Waals surface area contributed by atoms with E-state index in [0.29, 0.717) is 25.9 Å². The van der Waals surface area contributed by atoms with E-state index in [0.717, 1.165) is 6.42 Å². The maximum absolute atomic E-state index is 13.9. The Balaban J connectivity index is 2.25. The van der Waals surface area contributed by atoms with E-state index in [9.17, 15) is 13.6 Å². The average Bonchev–Trinajstić information content (AvgIpc) is 2.55. The van der Waals surface area contributed by atoms with Crippen molar-refractivity contribution in [3.8, 4) is 0 Å². The Labute approximate surface area is 87.1 Å². The van der Waals surface area contributed by atoms with Crippen LogP contribution in [0.15, 0.2) is 0 Å². The Hall–Kier alpha value is -0.710. The molecule has 0 aromatic heterocycles. The molecule has 0 radical (unpaired) electrons. The molecule has 2 fully saturated rings. The van der Waals surface area contributed by atoms with Gasteiger partial charge in [-0.1, -0.05) is 0 Å². The van der Waals surface area contributed by atoms with E-state index in [2.05, 4.69) is 0 Å². The molecule has 0 aromatic rings. The fraction of sp³-hybridized carbons (Fsp3) is 0.900. The minimum absolute atomic E-state index is 0.0926. The van der Waals surface area contributed by atoms with Gasteiger partial charge >= 0.3 is 5.97 Å². The third-order valence-corrected chi connectivity index (χ3v) is 3.51. The van der Waals surface area contributed by atoms with Crippen molar-refractivity contribution in [3.05, 3.63) is 0 Å². The molecule has 0 saturated carbocycles. The Morgan fingerprint density at radius 3 is 2.47 bits per heavy atom. The van der Waals surface area contributed by atoms with Gasteiger partial charge in [0, 0.05) is 0 Å². The number of fused-ring (bicyclic) bond motifs is 1. The average molecular weight is 219 g/mol. The second-order valence-corrected chi connectivity index (χ2v) is 4.40. The van der Waals surface area contributed by atoms with Crippen LogP contribution in [0, 0.1) is 5.92 Å². The first-order valence-electron chi connectivity index (χ1n) is 5.38. The largest absolute Gasteiger partial charge is 0.481 e. The van der Waals surface area contributed by atoms with Gasteiger partial charge in [0.15, 0.2) is 0 Å². The van der Waals surface area contributed by atoms with Crippen molar-refractivity contribution in [1.82, 2.24) is 4.90 Å². The van der Waals surface area contributed by atoms with Crippen molar-refractivity contribution in [1.29, 1.82) is 0 Å². The van der Waals surface area contributed by atoms with Gasteiger partial charge in [-0.05, 0) is 38.8 Å². The number of hydrogen-bond acceptors (Lipinski definition) is 2. The number of hydrogen-bond donors (Lipinski definition) is 1. The maximum Gasteiger partial charge on any atom is 0.312 e. The van der Waals surface area contributed by atoms with Crippen molar-refractivity contribution in [3.63, 3.8) is 0 Å². The van der Waals surface area contributed by atoms with E-state index in [4.69, 9.17) is 5.11 Å². The monoisotopic (exact) mass is 219 g/mol. The zero-order valence-corrected chi connectivity index (χ0v) is 8.46. The van der Waals surface area contributed by atoms with E-state index in [1.165, 1.54) is 0 Å². The molecule has 2 saturated heterocycles. The summed E-state index contributed by atoms with van der Waals surface area (Å²) < 4.78 is 27.8. The number of halogens is 2. The second-order valence-electron chi connectivity index (χ2n) is 4.40. The summed E-state index contributed by atoms with van der Waals surface area (Å²) in [4.78, 5) is 12.6. The van der Waals surface area contributed by atoms with Crippen molar-refractivity contribution in [2.24, 2.45) is 5.92 Å². The third-order valence-electron chi connectivity index (χ3n) is 3.51. The van der Waals surface area contributed by atoms with Crippen LogP contribution in [0.2, 0.25) is 0 Å². The van der Waals surface area contributed by atoms with Crippen molar-refractivity contribution in [2.45, 2.75) is 37.6 Å². The molecule has 3 nitrogen and oxygen atoms in total. The molecule has 2 heterocycles. The van der Waals surface area contributed by atoms with Crippen LogP contribution < -0.4 is 0 Å². The van der Waals surface area contributed by atoms with Crippen LogP contribution in [0.25, 0.3) is 0 Å². The van der Waals surface area contributed by atoms with Gasteiger partial charge in [0.2, 0.25) is 0 Å². The van der Waals surface area contributed by atoms with Gasteiger partial charge < -0.3 is 5.11 Å². The van der Waals surface area contributed by atoms with E-state index in [1.807, 2.05) is 0 Å². The Bertz CT molecular complexity index is 270. The Morgan fingerprint density at radius 2 is 1.87 bits per heavy atom. The number of carboxylic acid groups (broad SMARTS) is 1. The molecule has 15 heavy (non-hydrogen) atoms. The van der Waals surface area contributed by atoms with Crippen LogP contribution in [-0.2, 0) is 4.79 Å². The molecule has 2 aliphatic heterocycles. The molecule has 0 bridgehead atoms. The summed E-state index contributed by atoms with van der Waals surface area (Å²) in [5.74, 6) is -5.92. The standard InChI is InChI=1S/C10H15F2NO2/c11-10(12)7(9(14)15)3-1-5-13-6-2-4-8(10)13/h7-8H,1-6H2,(H,14,15). The fourth-order valence-electron chi connectivity index (χ4n) is 2.74. The zero-order chi connectivity index (χ0) is 11.1. The Kier molecular flexibility index (Phi) is 2.66. The molecule has 0 amide bonds. The lowest BCUT2D eigenvalue weighted by molar-refractivity contribution is -0.164. The smallest absolute Gasteiger partial charge is 0.312 e. The number of carboxylic acids is 1. The van der Waals surface area contributed by atoms with Crippen LogP contribution in [-0.4, -0.2) is 41.0 Å². The van der Waals surface area contributed by atoms with Gasteiger partial charge in [0.1, 0.15) is 5.92 Å². The first-order valence-corrected chi connectivity index (χ1v) is 5.38. The SMILES string of the molecule is O=C(O)C1CCCN2CCCC2C1(F)F. The molecular weight excluding hydrogens is 204 g/mol. The van der Waals surface area contributed by atoms with Gasteiger partial charge in [-0.15, -0.1) is 0 Å². The van der Waals surface area contributed by atoms with Crippen molar-refractivity contribution in [2.75, 3.05) is 13.1 Å². The van der Waals surface area contributed by atoms with Crippen LogP contribution in [0.5, 0.6) is 0 Å². The number of carbonyl (C=O) groups is 1. The van der Waals surface area contributed by atoms with Gasteiger partial charge in [0.25, 0.3) is 5.92 Å². The normalized spacial score (nSPS) is 35.9. The number of alkyl halides is 2. The first-order chi connectivity index (χ1) is 7.03. The van der Waals surface area contributed by atoms with E-state index in [1.54, 1.807) is 4.90 Å². The quantitative estimate of drug-likeness (QED) is 0.728. The molecule has 2 atom stereocenters. The predicted molar refractivity (Wildman–Crippen MR) is 49.9 cm³/mol. The third kappa shape index (κ3) is 1.73. The van der Waals surface area contributed by atoms with E-state index < -0.39 is 23.9 Å². The second kappa shape index (κ2) is 3.70. The van der Waals surface area contributed by atoms with Crippen LogP contribution in [0.1, 0.15) is 25.7 Å². The van der Waals surface area contributed by atoms with Crippen molar-refractivity contribution >= 4 is 5.97 Å². The summed E-state index contributed by atoms with van der Waals surface area (Å²) in [5.41, 5.74) is 0. The van der Waals surface area contributed by atoms with Gasteiger partial charge in [-0.2, -0.15) is 0 Å². The van der Waals surface area contributed by atoms with Crippen LogP contribution >= 0.6 is 0 Å². The van der Waals surface area contributed by atoms with Crippen LogP contribution in [0.4, 0.5) is 8.78 Å². The summed E-state index contributed by atoms with van der Waals surface area (Å²) >= 11 is 0. The lowest BCUT2D eigenvalue weighted by Crippen LogP contribution is -2.48. The highest BCUT2D eigenvalue weighted by Crippen LogP contribution is 2.41. The van der Waals surface area contributed by atoms with E-state index >= 15 is 0 Å². The minimum Gasteiger partial charge on any atom is -0.481 e. The molecule has 5 heteroatoms. The highest BCUT2D eigenvalue weighted by Gasteiger charge is 2.54. The molecule has 2 unspecified atom stereocenters. The van der Waals surface area contributed by atoms with Gasteiger partial charge in [-0.3, -0.25) is 9.69 Å². The lowest BCUT2D eigenvalue weighted by Gasteiger charge is -2.31. The lowest BCUT2D eigenvalue weighted by atomic mass is 9.91. The highest BCUT2D eigenvalue weighted by molar-refractivity contribution is 5.71. The Morgan fingerprint density at radius 1 is 1.27 bits per heavy atom. The van der Waals surface area contributed by atoms with E-state index in [-0.39, 0.29) is 6.42 Å². The molecule has 86 valence electrons. The minimum atomic E-state index is -3.07. The summed E-state index contributed by atoms with van der Waals surface area (Å²) in [7, 11) is 0. The van der Waals surface area contributed by atoms with Crippen molar-refractivity contribution < 1.29 is 18.7 Å². The predicted octanol–water partition coefficient (Wildman–Crippen LogP) is 1.58. The summed E-state index contributed by atoms with van der Waals surface area (Å²) in [6, 6.07) is -0.846. The first kappa shape index (κ1) is 10.8. The molecule has 2 aliphatic rings. The maximum atomic E-state index is 13.9. The van der Waals surface area contributed by atoms with Crippen LogP contribution in [0.3, 0.4) is 0 Å². The number of nitrogens with zero attached hydrogens (tertiary/aromatic N) is 1. The van der Waals surface area contributed by atoms with Gasteiger partial charge in [-0.25, -0.2) is 8.78 Å². The molecule has 2 rings (SSSR count). The summed E-state index contributed by atoms with van der Waals surface area (Å²) in [6.45, 7) is 1.30. The number of aliphatic carboxylic acids is 1. The summed E-state index contributed by atoms with van der Waals surface area (Å²) in [6.07, 6.45) is 1.84. The molecular formula is C10H15F2NO2. The number of rotatable bonds is 1. The fourth-order valence-corrected chi connectivity index (χ4v) is 2.74. The summed E-state index contributed by atoms with van der Waals surface area (Å²) in [5, 5.41) is 8.82. The molecule has 0 aliphatic carbocycles. The highest BCUT2D eigenvalue weighted by atomic mass is 19.3. The topological polar surface area (TPSA) is 40.5 Å². The molecule has 1 N–H and O–H groups in total.